The fraction of sp³-hybridized carbons (Fsp3) is 0.300. The number of nitrogens with zero attached hydrogens (tertiary/aromatic N) is 2. The second kappa shape index (κ2) is 3.59. The highest BCUT2D eigenvalue weighted by Gasteiger charge is 2.12. The number of halogens is 1. The van der Waals surface area contributed by atoms with E-state index in [4.69, 9.17) is 11.6 Å². The van der Waals surface area contributed by atoms with Gasteiger partial charge in [0.1, 0.15) is 5.82 Å². The van der Waals surface area contributed by atoms with E-state index in [2.05, 4.69) is 17.2 Å². The first-order valence-corrected chi connectivity index (χ1v) is 4.91. The lowest BCUT2D eigenvalue weighted by molar-refractivity contribution is 0.608. The van der Waals surface area contributed by atoms with Gasteiger partial charge in [-0.2, -0.15) is 0 Å². The predicted octanol–water partition coefficient (Wildman–Crippen LogP) is 2.27. The van der Waals surface area contributed by atoms with Gasteiger partial charge in [-0.1, -0.05) is 17.7 Å². The van der Waals surface area contributed by atoms with Crippen LogP contribution in [0.15, 0.2) is 24.4 Å². The Hall–Kier alpha value is -1.06. The maximum atomic E-state index is 6.02. The van der Waals surface area contributed by atoms with Crippen molar-refractivity contribution in [2.45, 2.75) is 13.0 Å². The highest BCUT2D eigenvalue weighted by molar-refractivity contribution is 6.32. The van der Waals surface area contributed by atoms with Gasteiger partial charge in [0.2, 0.25) is 0 Å². The van der Waals surface area contributed by atoms with E-state index in [1.165, 1.54) is 0 Å². The zero-order chi connectivity index (χ0) is 10.1. The minimum Gasteiger partial charge on any atom is -0.311 e. The number of imidazole rings is 1. The highest BCUT2D eigenvalue weighted by atomic mass is 35.5. The minimum absolute atomic E-state index is 0.192. The molecule has 2 heterocycles. The molecule has 0 aliphatic rings. The van der Waals surface area contributed by atoms with E-state index in [0.717, 1.165) is 11.3 Å². The first kappa shape index (κ1) is 9.49. The summed E-state index contributed by atoms with van der Waals surface area (Å²) in [5.74, 6) is 0.938. The van der Waals surface area contributed by atoms with Crippen molar-refractivity contribution in [3.05, 3.63) is 35.4 Å². The summed E-state index contributed by atoms with van der Waals surface area (Å²) in [6.07, 6.45) is 1.97. The molecule has 0 saturated carbocycles. The Kier molecular flexibility index (Phi) is 2.44. The third kappa shape index (κ3) is 1.38. The van der Waals surface area contributed by atoms with Gasteiger partial charge in [-0.25, -0.2) is 4.98 Å². The van der Waals surface area contributed by atoms with E-state index in [0.29, 0.717) is 5.15 Å². The third-order valence-corrected chi connectivity index (χ3v) is 2.63. The second-order valence-corrected chi connectivity index (χ2v) is 3.59. The van der Waals surface area contributed by atoms with Crippen molar-refractivity contribution in [1.29, 1.82) is 0 Å². The molecular formula is C10H12ClN3. The van der Waals surface area contributed by atoms with Gasteiger partial charge in [-0.15, -0.1) is 0 Å². The van der Waals surface area contributed by atoms with Crippen LogP contribution >= 0.6 is 11.6 Å². The molecule has 0 saturated heterocycles. The Bertz CT molecular complexity index is 450. The molecule has 2 rings (SSSR count). The SMILES string of the molecule is CNC(C)c1nc(Cl)c2ccccn12. The Morgan fingerprint density at radius 1 is 1.50 bits per heavy atom. The van der Waals surface area contributed by atoms with Crippen LogP contribution in [0.5, 0.6) is 0 Å². The third-order valence-electron chi connectivity index (χ3n) is 2.35. The molecule has 0 fully saturated rings. The Balaban J connectivity index is 2.66. The van der Waals surface area contributed by atoms with Crippen LogP contribution in [0, 0.1) is 0 Å². The van der Waals surface area contributed by atoms with Gasteiger partial charge >= 0.3 is 0 Å². The molecule has 4 heteroatoms. The molecule has 0 spiro atoms. The largest absolute Gasteiger partial charge is 0.311 e. The topological polar surface area (TPSA) is 29.3 Å². The number of hydrogen-bond donors (Lipinski definition) is 1. The molecular weight excluding hydrogens is 198 g/mol. The number of rotatable bonds is 2. The van der Waals surface area contributed by atoms with Crippen molar-refractivity contribution in [1.82, 2.24) is 14.7 Å². The summed E-state index contributed by atoms with van der Waals surface area (Å²) < 4.78 is 2.00. The van der Waals surface area contributed by atoms with Crippen LogP contribution in [-0.2, 0) is 0 Å². The maximum Gasteiger partial charge on any atom is 0.155 e. The summed E-state index contributed by atoms with van der Waals surface area (Å²) in [6.45, 7) is 2.05. The van der Waals surface area contributed by atoms with E-state index in [-0.39, 0.29) is 6.04 Å². The van der Waals surface area contributed by atoms with Crippen LogP contribution in [0.4, 0.5) is 0 Å². The Morgan fingerprint density at radius 3 is 3.00 bits per heavy atom. The van der Waals surface area contributed by atoms with Crippen molar-refractivity contribution >= 4 is 17.1 Å². The fourth-order valence-corrected chi connectivity index (χ4v) is 1.70. The van der Waals surface area contributed by atoms with Crippen LogP contribution in [0.1, 0.15) is 18.8 Å². The summed E-state index contributed by atoms with van der Waals surface area (Å²) in [5, 5.41) is 3.70. The van der Waals surface area contributed by atoms with E-state index >= 15 is 0 Å². The van der Waals surface area contributed by atoms with Gasteiger partial charge in [-0.3, -0.25) is 0 Å². The average Bonchev–Trinajstić information content (AvgIpc) is 2.56. The van der Waals surface area contributed by atoms with E-state index in [1.807, 2.05) is 35.8 Å². The maximum absolute atomic E-state index is 6.02. The lowest BCUT2D eigenvalue weighted by atomic mass is 10.3. The van der Waals surface area contributed by atoms with Gasteiger partial charge in [0.05, 0.1) is 11.6 Å². The van der Waals surface area contributed by atoms with Gasteiger partial charge in [0.15, 0.2) is 5.15 Å². The van der Waals surface area contributed by atoms with Crippen molar-refractivity contribution in [3.63, 3.8) is 0 Å². The Morgan fingerprint density at radius 2 is 2.29 bits per heavy atom. The van der Waals surface area contributed by atoms with E-state index in [9.17, 15) is 0 Å². The molecule has 0 aromatic carbocycles. The van der Waals surface area contributed by atoms with Gasteiger partial charge in [-0.05, 0) is 26.1 Å². The molecule has 1 N–H and O–H groups in total. The normalized spacial score (nSPS) is 13.4. The summed E-state index contributed by atoms with van der Waals surface area (Å²) in [5.41, 5.74) is 0.950. The van der Waals surface area contributed by atoms with Crippen LogP contribution < -0.4 is 5.32 Å². The Labute approximate surface area is 87.7 Å². The number of pyridine rings is 1. The number of hydrogen-bond acceptors (Lipinski definition) is 2. The molecule has 3 nitrogen and oxygen atoms in total. The highest BCUT2D eigenvalue weighted by Crippen LogP contribution is 2.21. The molecule has 0 aliphatic carbocycles. The average molecular weight is 210 g/mol. The predicted molar refractivity (Wildman–Crippen MR) is 57.7 cm³/mol. The molecule has 74 valence electrons. The lowest BCUT2D eigenvalue weighted by Gasteiger charge is -2.07. The lowest BCUT2D eigenvalue weighted by Crippen LogP contribution is -2.15. The second-order valence-electron chi connectivity index (χ2n) is 3.23. The summed E-state index contributed by atoms with van der Waals surface area (Å²) in [4.78, 5) is 4.33. The molecule has 1 unspecified atom stereocenters. The van der Waals surface area contributed by atoms with Crippen LogP contribution in [-0.4, -0.2) is 16.4 Å². The first-order valence-electron chi connectivity index (χ1n) is 4.53. The van der Waals surface area contributed by atoms with Crippen molar-refractivity contribution in [3.8, 4) is 0 Å². The molecule has 2 aromatic rings. The number of nitrogens with one attached hydrogen (secondary N) is 1. The standard InChI is InChI=1S/C10H12ClN3/c1-7(12-2)10-13-9(11)8-5-3-4-6-14(8)10/h3-7,12H,1-2H3. The van der Waals surface area contributed by atoms with Gasteiger partial charge in [0, 0.05) is 6.20 Å². The van der Waals surface area contributed by atoms with Crippen molar-refractivity contribution in [2.75, 3.05) is 7.05 Å². The fourth-order valence-electron chi connectivity index (χ4n) is 1.46. The quantitative estimate of drug-likeness (QED) is 0.822. The zero-order valence-corrected chi connectivity index (χ0v) is 8.92. The summed E-state index contributed by atoms with van der Waals surface area (Å²) in [7, 11) is 1.91. The van der Waals surface area contributed by atoms with Gasteiger partial charge in [0.25, 0.3) is 0 Å². The summed E-state index contributed by atoms with van der Waals surface area (Å²) >= 11 is 6.02. The smallest absolute Gasteiger partial charge is 0.155 e. The molecule has 1 atom stereocenters. The molecule has 0 amide bonds. The summed E-state index contributed by atoms with van der Waals surface area (Å²) in [6, 6.07) is 6.08. The van der Waals surface area contributed by atoms with E-state index < -0.39 is 0 Å². The minimum atomic E-state index is 0.192. The monoisotopic (exact) mass is 209 g/mol. The van der Waals surface area contributed by atoms with Crippen molar-refractivity contribution in [2.24, 2.45) is 0 Å². The van der Waals surface area contributed by atoms with E-state index in [1.54, 1.807) is 0 Å². The number of aromatic nitrogens is 2. The first-order chi connectivity index (χ1) is 6.74. The van der Waals surface area contributed by atoms with Crippen LogP contribution in [0.2, 0.25) is 5.15 Å². The van der Waals surface area contributed by atoms with Gasteiger partial charge < -0.3 is 9.72 Å². The molecule has 0 radical (unpaired) electrons. The molecule has 14 heavy (non-hydrogen) atoms. The number of fused-ring (bicyclic) bond motifs is 1. The molecule has 0 bridgehead atoms. The van der Waals surface area contributed by atoms with Crippen LogP contribution in [0.3, 0.4) is 0 Å². The zero-order valence-electron chi connectivity index (χ0n) is 8.16. The molecule has 0 aliphatic heterocycles. The van der Waals surface area contributed by atoms with Crippen LogP contribution in [0.25, 0.3) is 5.52 Å². The molecule has 2 aromatic heterocycles. The van der Waals surface area contributed by atoms with Crippen molar-refractivity contribution < 1.29 is 0 Å².